The van der Waals surface area contributed by atoms with E-state index < -0.39 is 0 Å². The first kappa shape index (κ1) is 18.4. The predicted molar refractivity (Wildman–Crippen MR) is 88.3 cm³/mol. The van der Waals surface area contributed by atoms with Crippen LogP contribution in [0, 0.1) is 0 Å². The molecule has 0 aromatic rings. The van der Waals surface area contributed by atoms with Crippen LogP contribution in [0.25, 0.3) is 0 Å². The lowest BCUT2D eigenvalue weighted by Gasteiger charge is -2.37. The molecule has 5 heteroatoms. The summed E-state index contributed by atoms with van der Waals surface area (Å²) in [6, 6.07) is 0.00115. The standard InChI is InChI=1S/C16H34N4O/c1-3-4-9-18-16(21)15(2)20-13-11-19(12-14-20)10-7-5-6-8-17/h15H,3-14,17H2,1-2H3,(H,18,21). The summed E-state index contributed by atoms with van der Waals surface area (Å²) in [4.78, 5) is 16.9. The van der Waals surface area contributed by atoms with E-state index in [-0.39, 0.29) is 11.9 Å². The third-order valence-corrected chi connectivity index (χ3v) is 4.34. The van der Waals surface area contributed by atoms with Gasteiger partial charge < -0.3 is 16.0 Å². The smallest absolute Gasteiger partial charge is 0.237 e. The molecule has 1 unspecified atom stereocenters. The first-order chi connectivity index (χ1) is 10.2. The molecule has 1 saturated heterocycles. The summed E-state index contributed by atoms with van der Waals surface area (Å²) in [6.45, 7) is 11.1. The second kappa shape index (κ2) is 11.0. The fourth-order valence-corrected chi connectivity index (χ4v) is 2.73. The molecule has 21 heavy (non-hydrogen) atoms. The number of amides is 1. The van der Waals surface area contributed by atoms with Gasteiger partial charge in [0.05, 0.1) is 6.04 Å². The van der Waals surface area contributed by atoms with E-state index in [2.05, 4.69) is 22.0 Å². The van der Waals surface area contributed by atoms with Crippen LogP contribution >= 0.6 is 0 Å². The van der Waals surface area contributed by atoms with Crippen LogP contribution in [-0.2, 0) is 4.79 Å². The zero-order valence-electron chi connectivity index (χ0n) is 13.9. The summed E-state index contributed by atoms with van der Waals surface area (Å²) >= 11 is 0. The van der Waals surface area contributed by atoms with E-state index >= 15 is 0 Å². The zero-order chi connectivity index (χ0) is 15.5. The Morgan fingerprint density at radius 1 is 1.14 bits per heavy atom. The molecule has 1 aliphatic rings. The second-order valence-electron chi connectivity index (χ2n) is 6.05. The Labute approximate surface area is 130 Å². The number of carbonyl (C=O) groups is 1. The van der Waals surface area contributed by atoms with Crippen molar-refractivity contribution < 1.29 is 4.79 Å². The number of piperazine rings is 1. The Hall–Kier alpha value is -0.650. The Morgan fingerprint density at radius 3 is 2.48 bits per heavy atom. The van der Waals surface area contributed by atoms with E-state index in [0.717, 1.165) is 58.5 Å². The predicted octanol–water partition coefficient (Wildman–Crippen LogP) is 1.04. The van der Waals surface area contributed by atoms with Crippen LogP contribution < -0.4 is 11.1 Å². The molecule has 1 fully saturated rings. The van der Waals surface area contributed by atoms with Crippen LogP contribution in [-0.4, -0.2) is 67.6 Å². The summed E-state index contributed by atoms with van der Waals surface area (Å²) < 4.78 is 0. The summed E-state index contributed by atoms with van der Waals surface area (Å²) in [5.74, 6) is 0.180. The number of carbonyl (C=O) groups excluding carboxylic acids is 1. The van der Waals surface area contributed by atoms with E-state index in [9.17, 15) is 4.79 Å². The van der Waals surface area contributed by atoms with Gasteiger partial charge in [-0.05, 0) is 39.3 Å². The van der Waals surface area contributed by atoms with Crippen LogP contribution in [0.2, 0.25) is 0 Å². The average Bonchev–Trinajstić information content (AvgIpc) is 2.51. The van der Waals surface area contributed by atoms with Crippen LogP contribution in [0.5, 0.6) is 0 Å². The van der Waals surface area contributed by atoms with E-state index in [1.54, 1.807) is 0 Å². The minimum Gasteiger partial charge on any atom is -0.355 e. The summed E-state index contributed by atoms with van der Waals surface area (Å²) in [5.41, 5.74) is 5.51. The Kier molecular flexibility index (Phi) is 9.63. The topological polar surface area (TPSA) is 61.6 Å². The quantitative estimate of drug-likeness (QED) is 0.592. The number of unbranched alkanes of at least 4 members (excludes halogenated alkanes) is 3. The average molecular weight is 298 g/mol. The number of hydrogen-bond donors (Lipinski definition) is 2. The molecule has 0 radical (unpaired) electrons. The SMILES string of the molecule is CCCCNC(=O)C(C)N1CCN(CCCCCN)CC1. The number of nitrogens with one attached hydrogen (secondary N) is 1. The third kappa shape index (κ3) is 7.25. The lowest BCUT2D eigenvalue weighted by molar-refractivity contribution is -0.126. The van der Waals surface area contributed by atoms with Crippen LogP contribution in [0.4, 0.5) is 0 Å². The van der Waals surface area contributed by atoms with Gasteiger partial charge in [-0.15, -0.1) is 0 Å². The largest absolute Gasteiger partial charge is 0.355 e. The van der Waals surface area contributed by atoms with Gasteiger partial charge in [0.15, 0.2) is 0 Å². The van der Waals surface area contributed by atoms with E-state index in [4.69, 9.17) is 5.73 Å². The highest BCUT2D eigenvalue weighted by molar-refractivity contribution is 5.81. The molecule has 0 aliphatic carbocycles. The maximum atomic E-state index is 12.1. The van der Waals surface area contributed by atoms with Crippen molar-refractivity contribution in [3.8, 4) is 0 Å². The van der Waals surface area contributed by atoms with E-state index in [0.29, 0.717) is 0 Å². The number of nitrogens with two attached hydrogens (primary N) is 1. The minimum absolute atomic E-state index is 0.00115. The molecule has 0 saturated carbocycles. The summed E-state index contributed by atoms with van der Waals surface area (Å²) in [7, 11) is 0. The van der Waals surface area contributed by atoms with Crippen molar-refractivity contribution in [1.29, 1.82) is 0 Å². The Bertz CT molecular complexity index is 277. The van der Waals surface area contributed by atoms with Gasteiger partial charge >= 0.3 is 0 Å². The van der Waals surface area contributed by atoms with Crippen LogP contribution in [0.3, 0.4) is 0 Å². The fourth-order valence-electron chi connectivity index (χ4n) is 2.73. The second-order valence-corrected chi connectivity index (χ2v) is 6.05. The van der Waals surface area contributed by atoms with E-state index in [1.807, 2.05) is 6.92 Å². The Morgan fingerprint density at radius 2 is 1.86 bits per heavy atom. The zero-order valence-corrected chi connectivity index (χ0v) is 13.9. The first-order valence-electron chi connectivity index (χ1n) is 8.63. The number of rotatable bonds is 10. The Balaban J connectivity index is 2.17. The van der Waals surface area contributed by atoms with Crippen molar-refractivity contribution >= 4 is 5.91 Å². The summed E-state index contributed by atoms with van der Waals surface area (Å²) in [5, 5.41) is 3.03. The molecule has 1 rings (SSSR count). The molecular formula is C16H34N4O. The third-order valence-electron chi connectivity index (χ3n) is 4.34. The first-order valence-corrected chi connectivity index (χ1v) is 8.63. The molecule has 1 heterocycles. The number of hydrogen-bond acceptors (Lipinski definition) is 4. The molecule has 0 aromatic carbocycles. The highest BCUT2D eigenvalue weighted by Crippen LogP contribution is 2.08. The fraction of sp³-hybridized carbons (Fsp3) is 0.938. The van der Waals surface area contributed by atoms with Crippen molar-refractivity contribution in [3.63, 3.8) is 0 Å². The van der Waals surface area contributed by atoms with Crippen molar-refractivity contribution in [2.75, 3.05) is 45.8 Å². The molecule has 0 spiro atoms. The molecular weight excluding hydrogens is 264 g/mol. The van der Waals surface area contributed by atoms with Crippen molar-refractivity contribution in [1.82, 2.24) is 15.1 Å². The van der Waals surface area contributed by atoms with Gasteiger partial charge in [0.2, 0.25) is 5.91 Å². The lowest BCUT2D eigenvalue weighted by atomic mass is 10.2. The maximum absolute atomic E-state index is 12.1. The van der Waals surface area contributed by atoms with Crippen molar-refractivity contribution in [2.24, 2.45) is 5.73 Å². The van der Waals surface area contributed by atoms with Gasteiger partial charge in [0, 0.05) is 32.7 Å². The van der Waals surface area contributed by atoms with E-state index in [1.165, 1.54) is 19.4 Å². The minimum atomic E-state index is 0.00115. The molecule has 0 bridgehead atoms. The molecule has 0 aromatic heterocycles. The molecule has 3 N–H and O–H groups in total. The van der Waals surface area contributed by atoms with Gasteiger partial charge in [-0.1, -0.05) is 19.8 Å². The molecule has 1 atom stereocenters. The molecule has 124 valence electrons. The normalized spacial score (nSPS) is 18.6. The molecule has 1 amide bonds. The van der Waals surface area contributed by atoms with Crippen LogP contribution in [0.15, 0.2) is 0 Å². The molecule has 1 aliphatic heterocycles. The van der Waals surface area contributed by atoms with Gasteiger partial charge in [-0.25, -0.2) is 0 Å². The highest BCUT2D eigenvalue weighted by atomic mass is 16.2. The van der Waals surface area contributed by atoms with Gasteiger partial charge in [0.25, 0.3) is 0 Å². The van der Waals surface area contributed by atoms with Gasteiger partial charge in [-0.2, -0.15) is 0 Å². The maximum Gasteiger partial charge on any atom is 0.237 e. The van der Waals surface area contributed by atoms with Crippen LogP contribution in [0.1, 0.15) is 46.0 Å². The molecule has 5 nitrogen and oxygen atoms in total. The lowest BCUT2D eigenvalue weighted by Crippen LogP contribution is -2.54. The van der Waals surface area contributed by atoms with Crippen molar-refractivity contribution in [2.45, 2.75) is 52.0 Å². The van der Waals surface area contributed by atoms with Crippen molar-refractivity contribution in [3.05, 3.63) is 0 Å². The highest BCUT2D eigenvalue weighted by Gasteiger charge is 2.24. The van der Waals surface area contributed by atoms with Gasteiger partial charge in [0.1, 0.15) is 0 Å². The number of nitrogens with zero attached hydrogens (tertiary/aromatic N) is 2. The van der Waals surface area contributed by atoms with Gasteiger partial charge in [-0.3, -0.25) is 9.69 Å². The monoisotopic (exact) mass is 298 g/mol. The summed E-state index contributed by atoms with van der Waals surface area (Å²) in [6.07, 6.45) is 5.79.